The summed E-state index contributed by atoms with van der Waals surface area (Å²) in [7, 11) is 1.57. The van der Waals surface area contributed by atoms with Crippen molar-refractivity contribution in [2.24, 2.45) is 0 Å². The Balaban J connectivity index is 1.82. The van der Waals surface area contributed by atoms with E-state index in [9.17, 15) is 10.1 Å². The van der Waals surface area contributed by atoms with Gasteiger partial charge in [-0.3, -0.25) is 0 Å². The molecule has 0 aromatic heterocycles. The Hall–Kier alpha value is -1.46. The molecule has 2 heterocycles. The van der Waals surface area contributed by atoms with Gasteiger partial charge in [-0.25, -0.2) is 0 Å². The molecular weight excluding hydrogens is 411 g/mol. The van der Waals surface area contributed by atoms with E-state index in [1.54, 1.807) is 13.2 Å². The van der Waals surface area contributed by atoms with Gasteiger partial charge in [0.1, 0.15) is 0 Å². The van der Waals surface area contributed by atoms with E-state index in [0.29, 0.717) is 38.4 Å². The minimum atomic E-state index is -0.275. The fraction of sp³-hybridized carbons (Fsp3) is 0.700. The predicted molar refractivity (Wildman–Crippen MR) is 108 cm³/mol. The summed E-state index contributed by atoms with van der Waals surface area (Å²) in [5.41, 5.74) is 1.96. The van der Waals surface area contributed by atoms with Crippen LogP contribution in [0.3, 0.4) is 0 Å². The molecule has 27 heavy (non-hydrogen) atoms. The topological polar surface area (TPSA) is 64.6 Å². The second kappa shape index (κ2) is 9.15. The number of rotatable bonds is 11. The third kappa shape index (κ3) is 4.35. The van der Waals surface area contributed by atoms with Crippen molar-refractivity contribution >= 4 is 26.5 Å². The second-order valence-corrected chi connectivity index (χ2v) is 9.70. The number of nitro benzene ring substituents is 1. The van der Waals surface area contributed by atoms with Crippen LogP contribution in [0.1, 0.15) is 76.7 Å². The molecule has 1 aromatic rings. The number of hydrogen-bond donors (Lipinski definition) is 0. The van der Waals surface area contributed by atoms with Gasteiger partial charge in [-0.15, -0.1) is 0 Å². The summed E-state index contributed by atoms with van der Waals surface area (Å²) in [6, 6.07) is 1.55. The van der Waals surface area contributed by atoms with E-state index in [4.69, 9.17) is 9.47 Å². The molecule has 2 aliphatic heterocycles. The zero-order valence-electron chi connectivity index (χ0n) is 16.5. The van der Waals surface area contributed by atoms with E-state index in [-0.39, 0.29) is 10.6 Å². The summed E-state index contributed by atoms with van der Waals surface area (Å²) in [5, 5.41) is 11.7. The van der Waals surface area contributed by atoms with Crippen molar-refractivity contribution in [2.75, 3.05) is 17.6 Å². The monoisotopic (exact) mass is 442 g/mol. The fourth-order valence-electron chi connectivity index (χ4n) is 3.91. The maximum atomic E-state index is 11.7. The van der Waals surface area contributed by atoms with E-state index in [1.807, 2.05) is 0 Å². The molecule has 0 bridgehead atoms. The van der Waals surface area contributed by atoms with Crippen LogP contribution in [0.2, 0.25) is 0 Å². The molecule has 0 amide bonds. The van der Waals surface area contributed by atoms with Crippen molar-refractivity contribution in [2.45, 2.75) is 76.1 Å². The van der Waals surface area contributed by atoms with Crippen molar-refractivity contribution < 1.29 is 14.4 Å². The Morgan fingerprint density at radius 2 is 2.00 bits per heavy atom. The molecular formula is C20H30N2O4Se. The first-order valence-corrected chi connectivity index (χ1v) is 11.9. The Morgan fingerprint density at radius 1 is 1.26 bits per heavy atom. The Labute approximate surface area is 168 Å². The molecule has 2 aliphatic rings. The van der Waals surface area contributed by atoms with Crippen LogP contribution in [0, 0.1) is 10.1 Å². The van der Waals surface area contributed by atoms with Gasteiger partial charge in [-0.05, 0) is 0 Å². The fourth-order valence-corrected chi connectivity index (χ4v) is 6.04. The molecule has 6 nitrogen and oxygen atoms in total. The van der Waals surface area contributed by atoms with Crippen molar-refractivity contribution in [1.82, 2.24) is 0 Å². The van der Waals surface area contributed by atoms with E-state index in [0.717, 1.165) is 42.7 Å². The molecule has 1 saturated heterocycles. The van der Waals surface area contributed by atoms with Crippen molar-refractivity contribution in [1.29, 1.82) is 0 Å². The normalized spacial score (nSPS) is 20.0. The predicted octanol–water partition coefficient (Wildman–Crippen LogP) is 5.01. The quantitative estimate of drug-likeness (QED) is 0.159. The average molecular weight is 441 g/mol. The standard InChI is InChI=1S/C20H30N2O4Se/c1-4-6-7-8-9-10-11-26-20-16(25-3)13-15(22(23)24)19-18(20)14(5-2)12-17-21(19)27-17/h13-14,17H,4-12H2,1-3H3. The number of anilines is 1. The van der Waals surface area contributed by atoms with Crippen LogP contribution in [0.25, 0.3) is 0 Å². The summed E-state index contributed by atoms with van der Waals surface area (Å²) in [5.74, 6) is 1.54. The van der Waals surface area contributed by atoms with Crippen LogP contribution >= 0.6 is 0 Å². The average Bonchev–Trinajstić information content (AvgIpc) is 3.45. The summed E-state index contributed by atoms with van der Waals surface area (Å²) >= 11 is 0.328. The molecule has 0 N–H and O–H groups in total. The van der Waals surface area contributed by atoms with Gasteiger partial charge in [-0.1, -0.05) is 6.92 Å². The van der Waals surface area contributed by atoms with E-state index in [2.05, 4.69) is 17.8 Å². The van der Waals surface area contributed by atoms with Gasteiger partial charge in [0.15, 0.2) is 0 Å². The Morgan fingerprint density at radius 3 is 2.67 bits per heavy atom. The van der Waals surface area contributed by atoms with Crippen LogP contribution in [-0.2, 0) is 0 Å². The number of methoxy groups -OCH3 is 1. The maximum absolute atomic E-state index is 11.7. The number of nitro groups is 1. The van der Waals surface area contributed by atoms with Crippen LogP contribution in [0.15, 0.2) is 6.07 Å². The SMILES string of the molecule is CCCCCCCCOc1c(OC)cc([N+](=O)[O-])c2c1C(CC)CC1[Se]N21. The molecule has 1 aromatic carbocycles. The number of unbranched alkanes of at least 4 members (excludes halogenated alkanes) is 5. The molecule has 2 unspecified atom stereocenters. The Bertz CT molecular complexity index is 682. The zero-order valence-corrected chi connectivity index (χ0v) is 18.2. The van der Waals surface area contributed by atoms with Gasteiger partial charge < -0.3 is 0 Å². The van der Waals surface area contributed by atoms with Crippen LogP contribution in [0.4, 0.5) is 11.4 Å². The van der Waals surface area contributed by atoms with Gasteiger partial charge in [0.25, 0.3) is 0 Å². The zero-order chi connectivity index (χ0) is 19.4. The van der Waals surface area contributed by atoms with Crippen LogP contribution in [0.5, 0.6) is 11.5 Å². The van der Waals surface area contributed by atoms with Crippen molar-refractivity contribution in [3.8, 4) is 11.5 Å². The number of benzene rings is 1. The summed E-state index contributed by atoms with van der Waals surface area (Å²) in [6.45, 7) is 5.01. The molecule has 0 aliphatic carbocycles. The van der Waals surface area contributed by atoms with Gasteiger partial charge in [0.2, 0.25) is 0 Å². The summed E-state index contributed by atoms with van der Waals surface area (Å²) in [4.78, 5) is 11.9. The number of hydrogen-bond acceptors (Lipinski definition) is 5. The first-order chi connectivity index (χ1) is 13.1. The molecule has 0 radical (unpaired) electrons. The van der Waals surface area contributed by atoms with Crippen molar-refractivity contribution in [3.63, 3.8) is 0 Å². The second-order valence-electron chi connectivity index (χ2n) is 7.29. The first kappa shape index (κ1) is 20.3. The molecule has 7 heteroatoms. The van der Waals surface area contributed by atoms with Gasteiger partial charge in [-0.2, -0.15) is 0 Å². The van der Waals surface area contributed by atoms with Crippen molar-refractivity contribution in [3.05, 3.63) is 21.7 Å². The number of ether oxygens (including phenoxy) is 2. The van der Waals surface area contributed by atoms with E-state index in [1.165, 1.54) is 25.7 Å². The molecule has 0 spiro atoms. The summed E-state index contributed by atoms with van der Waals surface area (Å²) in [6.07, 6.45) is 9.26. The number of nitrogens with zero attached hydrogens (tertiary/aromatic N) is 2. The van der Waals surface area contributed by atoms with Gasteiger partial charge in [0.05, 0.1) is 0 Å². The first-order valence-electron chi connectivity index (χ1n) is 10.1. The molecule has 150 valence electrons. The van der Waals surface area contributed by atoms with E-state index < -0.39 is 0 Å². The minimum absolute atomic E-state index is 0.163. The molecule has 0 saturated carbocycles. The third-order valence-electron chi connectivity index (χ3n) is 5.45. The molecule has 2 atom stereocenters. The Kier molecular flexibility index (Phi) is 6.88. The molecule has 1 fully saturated rings. The van der Waals surface area contributed by atoms with E-state index >= 15 is 0 Å². The molecule has 3 rings (SSSR count). The van der Waals surface area contributed by atoms with Gasteiger partial charge in [0, 0.05) is 0 Å². The van der Waals surface area contributed by atoms with Gasteiger partial charge >= 0.3 is 161 Å². The summed E-state index contributed by atoms with van der Waals surface area (Å²) < 4.78 is 13.9. The number of fused-ring (bicyclic) bond motifs is 3. The van der Waals surface area contributed by atoms with Crippen LogP contribution in [-0.4, -0.2) is 38.8 Å². The van der Waals surface area contributed by atoms with Crippen LogP contribution < -0.4 is 13.4 Å². The third-order valence-corrected chi connectivity index (χ3v) is 7.75.